The van der Waals surface area contributed by atoms with Crippen LogP contribution in [0.25, 0.3) is 0 Å². The number of hydrogen-bond acceptors (Lipinski definition) is 2. The highest BCUT2D eigenvalue weighted by Crippen LogP contribution is 2.33. The van der Waals surface area contributed by atoms with Gasteiger partial charge in [-0.15, -0.1) is 0 Å². The van der Waals surface area contributed by atoms with E-state index >= 15 is 0 Å². The summed E-state index contributed by atoms with van der Waals surface area (Å²) in [6.45, 7) is 0. The predicted molar refractivity (Wildman–Crippen MR) is 89.5 cm³/mol. The Kier molecular flexibility index (Phi) is 4.92. The van der Waals surface area contributed by atoms with Gasteiger partial charge in [0, 0.05) is 26.0 Å². The summed E-state index contributed by atoms with van der Waals surface area (Å²) in [7, 11) is 4.00. The van der Waals surface area contributed by atoms with Crippen LogP contribution in [-0.2, 0) is 0 Å². The van der Waals surface area contributed by atoms with Gasteiger partial charge in [-0.25, -0.2) is 0 Å². The van der Waals surface area contributed by atoms with E-state index in [2.05, 4.69) is 4.99 Å². The van der Waals surface area contributed by atoms with Gasteiger partial charge in [-0.1, -0.05) is 46.9 Å². The Morgan fingerprint density at radius 2 is 1.50 bits per heavy atom. The molecule has 0 atom stereocenters. The molecule has 0 unspecified atom stereocenters. The third-order valence-corrected chi connectivity index (χ3v) is 3.78. The van der Waals surface area contributed by atoms with Crippen LogP contribution in [0.5, 0.6) is 0 Å². The summed E-state index contributed by atoms with van der Waals surface area (Å²) in [5.74, 6) is 0. The van der Waals surface area contributed by atoms with Crippen molar-refractivity contribution < 1.29 is 0 Å². The second-order valence-corrected chi connectivity index (χ2v) is 5.68. The van der Waals surface area contributed by atoms with E-state index in [-0.39, 0.29) is 0 Å². The molecular weight excluding hydrogens is 315 g/mol. The van der Waals surface area contributed by atoms with Crippen LogP contribution in [0.3, 0.4) is 0 Å². The summed E-state index contributed by atoms with van der Waals surface area (Å²) in [4.78, 5) is 6.38. The SMILES string of the molecule is CN(C)c1ccc(C=Nc2cc(Cl)c(Cl)cc2Cl)cc1. The zero-order valence-corrected chi connectivity index (χ0v) is 13.3. The van der Waals surface area contributed by atoms with Gasteiger partial charge in [0.05, 0.1) is 20.8 Å². The van der Waals surface area contributed by atoms with Gasteiger partial charge < -0.3 is 4.90 Å². The summed E-state index contributed by atoms with van der Waals surface area (Å²) in [5.41, 5.74) is 2.71. The number of anilines is 1. The third kappa shape index (κ3) is 3.66. The lowest BCUT2D eigenvalue weighted by Crippen LogP contribution is -2.08. The van der Waals surface area contributed by atoms with Crippen LogP contribution in [0.2, 0.25) is 15.1 Å². The first kappa shape index (κ1) is 15.2. The van der Waals surface area contributed by atoms with Gasteiger partial charge >= 0.3 is 0 Å². The summed E-state index contributed by atoms with van der Waals surface area (Å²) in [5, 5.41) is 1.33. The second-order valence-electron chi connectivity index (χ2n) is 4.46. The Bertz CT molecular complexity index is 634. The van der Waals surface area contributed by atoms with Gasteiger partial charge in [-0.2, -0.15) is 0 Å². The Labute approximate surface area is 133 Å². The molecular formula is C15H13Cl3N2. The van der Waals surface area contributed by atoms with Crippen LogP contribution in [-0.4, -0.2) is 20.3 Å². The maximum atomic E-state index is 6.07. The van der Waals surface area contributed by atoms with E-state index < -0.39 is 0 Å². The van der Waals surface area contributed by atoms with E-state index in [1.54, 1.807) is 18.3 Å². The van der Waals surface area contributed by atoms with Crippen molar-refractivity contribution >= 4 is 52.4 Å². The second kappa shape index (κ2) is 6.49. The van der Waals surface area contributed by atoms with Gasteiger partial charge in [0.1, 0.15) is 0 Å². The smallest absolute Gasteiger partial charge is 0.0831 e. The van der Waals surface area contributed by atoms with E-state index in [1.165, 1.54) is 0 Å². The quantitative estimate of drug-likeness (QED) is 0.539. The van der Waals surface area contributed by atoms with Gasteiger partial charge in [0.2, 0.25) is 0 Å². The van der Waals surface area contributed by atoms with Crippen LogP contribution in [0, 0.1) is 0 Å². The Hall–Kier alpha value is -1.22. The van der Waals surface area contributed by atoms with Crippen molar-refractivity contribution in [3.8, 4) is 0 Å². The summed E-state index contributed by atoms with van der Waals surface area (Å²) in [6, 6.07) is 11.3. The Morgan fingerprint density at radius 1 is 0.900 bits per heavy atom. The number of benzene rings is 2. The highest BCUT2D eigenvalue weighted by atomic mass is 35.5. The molecule has 0 aliphatic rings. The van der Waals surface area contributed by atoms with Crippen molar-refractivity contribution in [1.82, 2.24) is 0 Å². The zero-order chi connectivity index (χ0) is 14.7. The van der Waals surface area contributed by atoms with Crippen LogP contribution in [0.15, 0.2) is 41.4 Å². The average Bonchev–Trinajstić information content (AvgIpc) is 2.42. The molecule has 2 nitrogen and oxygen atoms in total. The van der Waals surface area contributed by atoms with Crippen LogP contribution >= 0.6 is 34.8 Å². The normalized spacial score (nSPS) is 11.1. The van der Waals surface area contributed by atoms with Gasteiger partial charge in [0.15, 0.2) is 0 Å². The van der Waals surface area contributed by atoms with E-state index in [0.29, 0.717) is 20.8 Å². The minimum absolute atomic E-state index is 0.422. The first-order valence-corrected chi connectivity index (χ1v) is 7.07. The van der Waals surface area contributed by atoms with Crippen LogP contribution in [0.4, 0.5) is 11.4 Å². The monoisotopic (exact) mass is 326 g/mol. The average molecular weight is 328 g/mol. The minimum Gasteiger partial charge on any atom is -0.378 e. The number of hydrogen-bond donors (Lipinski definition) is 0. The van der Waals surface area contributed by atoms with Gasteiger partial charge in [-0.3, -0.25) is 4.99 Å². The fourth-order valence-electron chi connectivity index (χ4n) is 1.61. The van der Waals surface area contributed by atoms with E-state index in [4.69, 9.17) is 34.8 Å². The molecule has 2 aromatic rings. The van der Waals surface area contributed by atoms with Crippen LogP contribution < -0.4 is 4.90 Å². The third-order valence-electron chi connectivity index (χ3n) is 2.75. The van der Waals surface area contributed by atoms with Crippen molar-refractivity contribution in [1.29, 1.82) is 0 Å². The number of rotatable bonds is 3. The summed E-state index contributed by atoms with van der Waals surface area (Å²) in [6.07, 6.45) is 1.74. The molecule has 0 aliphatic heterocycles. The molecule has 5 heteroatoms. The van der Waals surface area contributed by atoms with Crippen LogP contribution in [0.1, 0.15) is 5.56 Å². The predicted octanol–water partition coefficient (Wildman–Crippen LogP) is 5.46. The van der Waals surface area contributed by atoms with E-state index in [9.17, 15) is 0 Å². The largest absolute Gasteiger partial charge is 0.378 e. The summed E-state index contributed by atoms with van der Waals surface area (Å²) >= 11 is 17.9. The molecule has 20 heavy (non-hydrogen) atoms. The molecule has 104 valence electrons. The fourth-order valence-corrected chi connectivity index (χ4v) is 2.20. The summed E-state index contributed by atoms with van der Waals surface area (Å²) < 4.78 is 0. The number of aliphatic imine (C=N–C) groups is 1. The maximum absolute atomic E-state index is 6.07. The fraction of sp³-hybridized carbons (Fsp3) is 0.133. The minimum atomic E-state index is 0.422. The van der Waals surface area contributed by atoms with E-state index in [1.807, 2.05) is 43.3 Å². The lowest BCUT2D eigenvalue weighted by Gasteiger charge is -2.11. The molecule has 2 rings (SSSR count). The van der Waals surface area contributed by atoms with Crippen molar-refractivity contribution in [2.75, 3.05) is 19.0 Å². The van der Waals surface area contributed by atoms with Gasteiger partial charge in [0.25, 0.3) is 0 Å². The molecule has 2 aromatic carbocycles. The Balaban J connectivity index is 2.23. The highest BCUT2D eigenvalue weighted by Gasteiger charge is 2.04. The molecule has 0 aliphatic carbocycles. The maximum Gasteiger partial charge on any atom is 0.0831 e. The van der Waals surface area contributed by atoms with Crippen molar-refractivity contribution in [3.05, 3.63) is 57.0 Å². The molecule has 0 aromatic heterocycles. The highest BCUT2D eigenvalue weighted by molar-refractivity contribution is 6.43. The lowest BCUT2D eigenvalue weighted by molar-refractivity contribution is 1.13. The van der Waals surface area contributed by atoms with Gasteiger partial charge in [-0.05, 0) is 29.8 Å². The molecule has 0 saturated carbocycles. The molecule has 0 spiro atoms. The first-order chi connectivity index (χ1) is 9.47. The standard InChI is InChI=1S/C15H13Cl3N2/c1-20(2)11-5-3-10(4-6-11)9-19-15-8-13(17)12(16)7-14(15)18/h3-9H,1-2H3. The molecule has 0 saturated heterocycles. The first-order valence-electron chi connectivity index (χ1n) is 5.93. The lowest BCUT2D eigenvalue weighted by atomic mass is 10.2. The zero-order valence-electron chi connectivity index (χ0n) is 11.1. The molecule has 0 heterocycles. The topological polar surface area (TPSA) is 15.6 Å². The Morgan fingerprint density at radius 3 is 2.10 bits per heavy atom. The van der Waals surface area contributed by atoms with E-state index in [0.717, 1.165) is 11.3 Å². The molecule has 0 N–H and O–H groups in total. The molecule has 0 bridgehead atoms. The molecule has 0 amide bonds. The number of nitrogens with zero attached hydrogens (tertiary/aromatic N) is 2. The molecule has 0 radical (unpaired) electrons. The van der Waals surface area contributed by atoms with Crippen molar-refractivity contribution in [2.24, 2.45) is 4.99 Å². The molecule has 0 fully saturated rings. The van der Waals surface area contributed by atoms with Crippen molar-refractivity contribution in [3.63, 3.8) is 0 Å². The van der Waals surface area contributed by atoms with Crippen molar-refractivity contribution in [2.45, 2.75) is 0 Å². The number of halogens is 3.